The van der Waals surface area contributed by atoms with Crippen molar-refractivity contribution in [3.8, 4) is 0 Å². The van der Waals surface area contributed by atoms with E-state index in [0.717, 1.165) is 17.5 Å². The molecule has 0 aliphatic heterocycles. The molecule has 0 aliphatic carbocycles. The Hall–Kier alpha value is -1.39. The summed E-state index contributed by atoms with van der Waals surface area (Å²) < 4.78 is 4.72. The van der Waals surface area contributed by atoms with Gasteiger partial charge < -0.3 is 15.2 Å². The van der Waals surface area contributed by atoms with Gasteiger partial charge in [-0.2, -0.15) is 0 Å². The van der Waals surface area contributed by atoms with Gasteiger partial charge in [-0.3, -0.25) is 4.79 Å². The largest absolute Gasteiger partial charge is 0.469 e. The summed E-state index contributed by atoms with van der Waals surface area (Å²) in [6.45, 7) is 5.14. The normalized spacial score (nSPS) is 12.4. The van der Waals surface area contributed by atoms with Crippen molar-refractivity contribution < 1.29 is 14.6 Å². The molecule has 0 fully saturated rings. The second-order valence-corrected chi connectivity index (χ2v) is 5.27. The number of nitrogens with one attached hydrogen (secondary N) is 1. The standard InChI is InChI=1S/C16H25NO3/c1-12(2)15(8-9-18)17-11-14-7-5-4-6-13(14)10-16(19)20-3/h4-7,12,15,17-18H,8-11H2,1-3H3. The topological polar surface area (TPSA) is 58.6 Å². The summed E-state index contributed by atoms with van der Waals surface area (Å²) in [5, 5.41) is 12.5. The number of carbonyl (C=O) groups is 1. The summed E-state index contributed by atoms with van der Waals surface area (Å²) in [6.07, 6.45) is 1.03. The average molecular weight is 279 g/mol. The van der Waals surface area contributed by atoms with Crippen molar-refractivity contribution >= 4 is 5.97 Å². The fraction of sp³-hybridized carbons (Fsp3) is 0.562. The molecule has 1 aromatic rings. The molecule has 0 aromatic heterocycles. The van der Waals surface area contributed by atoms with Crippen LogP contribution in [0.15, 0.2) is 24.3 Å². The van der Waals surface area contributed by atoms with Crippen LogP contribution < -0.4 is 5.32 Å². The SMILES string of the molecule is COC(=O)Cc1ccccc1CNC(CCO)C(C)C. The highest BCUT2D eigenvalue weighted by atomic mass is 16.5. The molecule has 0 spiro atoms. The molecule has 0 amide bonds. The van der Waals surface area contributed by atoms with Crippen LogP contribution in [0.25, 0.3) is 0 Å². The third-order valence-corrected chi connectivity index (χ3v) is 3.48. The van der Waals surface area contributed by atoms with Crippen LogP contribution in [0.3, 0.4) is 0 Å². The first kappa shape index (κ1) is 16.7. The Morgan fingerprint density at radius 1 is 1.30 bits per heavy atom. The molecule has 0 saturated carbocycles. The van der Waals surface area contributed by atoms with Crippen LogP contribution in [0.4, 0.5) is 0 Å². The second-order valence-electron chi connectivity index (χ2n) is 5.27. The molecule has 0 radical (unpaired) electrons. The Balaban J connectivity index is 2.69. The van der Waals surface area contributed by atoms with E-state index in [-0.39, 0.29) is 18.6 Å². The first-order valence-corrected chi connectivity index (χ1v) is 7.06. The maximum Gasteiger partial charge on any atom is 0.309 e. The molecule has 1 rings (SSSR count). The molecule has 112 valence electrons. The number of carbonyl (C=O) groups excluding carboxylic acids is 1. The van der Waals surface area contributed by atoms with Crippen LogP contribution in [0, 0.1) is 5.92 Å². The number of aliphatic hydroxyl groups is 1. The van der Waals surface area contributed by atoms with E-state index in [1.807, 2.05) is 24.3 Å². The van der Waals surface area contributed by atoms with Gasteiger partial charge in [0.25, 0.3) is 0 Å². The van der Waals surface area contributed by atoms with Gasteiger partial charge >= 0.3 is 5.97 Å². The lowest BCUT2D eigenvalue weighted by Crippen LogP contribution is -2.34. The summed E-state index contributed by atoms with van der Waals surface area (Å²) in [4.78, 5) is 11.4. The summed E-state index contributed by atoms with van der Waals surface area (Å²) in [5.41, 5.74) is 2.08. The molecular formula is C16H25NO3. The van der Waals surface area contributed by atoms with Gasteiger partial charge in [-0.15, -0.1) is 0 Å². The zero-order valence-electron chi connectivity index (χ0n) is 12.6. The van der Waals surface area contributed by atoms with Crippen molar-refractivity contribution in [2.24, 2.45) is 5.92 Å². The number of rotatable bonds is 8. The van der Waals surface area contributed by atoms with Crippen molar-refractivity contribution in [3.05, 3.63) is 35.4 Å². The van der Waals surface area contributed by atoms with Crippen molar-refractivity contribution in [2.45, 2.75) is 39.3 Å². The molecule has 2 N–H and O–H groups in total. The van der Waals surface area contributed by atoms with E-state index in [1.54, 1.807) is 0 Å². The number of benzene rings is 1. The van der Waals surface area contributed by atoms with Crippen LogP contribution in [0.1, 0.15) is 31.4 Å². The van der Waals surface area contributed by atoms with Gasteiger partial charge in [0.2, 0.25) is 0 Å². The van der Waals surface area contributed by atoms with Gasteiger partial charge in [-0.1, -0.05) is 38.1 Å². The zero-order valence-corrected chi connectivity index (χ0v) is 12.6. The van der Waals surface area contributed by atoms with E-state index in [9.17, 15) is 4.79 Å². The lowest BCUT2D eigenvalue weighted by Gasteiger charge is -2.22. The minimum atomic E-state index is -0.229. The van der Waals surface area contributed by atoms with Crippen LogP contribution in [-0.4, -0.2) is 30.8 Å². The van der Waals surface area contributed by atoms with Crippen molar-refractivity contribution in [1.82, 2.24) is 5.32 Å². The lowest BCUT2D eigenvalue weighted by atomic mass is 9.99. The Morgan fingerprint density at radius 3 is 2.50 bits per heavy atom. The van der Waals surface area contributed by atoms with Crippen LogP contribution in [0.5, 0.6) is 0 Å². The van der Waals surface area contributed by atoms with Crippen molar-refractivity contribution in [2.75, 3.05) is 13.7 Å². The van der Waals surface area contributed by atoms with E-state index >= 15 is 0 Å². The predicted molar refractivity (Wildman–Crippen MR) is 79.3 cm³/mol. The van der Waals surface area contributed by atoms with Gasteiger partial charge in [0, 0.05) is 19.2 Å². The molecule has 1 atom stereocenters. The maximum absolute atomic E-state index is 11.4. The third-order valence-electron chi connectivity index (χ3n) is 3.48. The van der Waals surface area contributed by atoms with Crippen LogP contribution in [-0.2, 0) is 22.5 Å². The smallest absolute Gasteiger partial charge is 0.309 e. The highest BCUT2D eigenvalue weighted by Crippen LogP contribution is 2.12. The Bertz CT molecular complexity index is 418. The fourth-order valence-electron chi connectivity index (χ4n) is 2.18. The fourth-order valence-corrected chi connectivity index (χ4v) is 2.18. The Labute approximate surface area is 121 Å². The van der Waals surface area contributed by atoms with E-state index in [4.69, 9.17) is 9.84 Å². The zero-order chi connectivity index (χ0) is 15.0. The van der Waals surface area contributed by atoms with Gasteiger partial charge in [-0.05, 0) is 23.5 Å². The van der Waals surface area contributed by atoms with Gasteiger partial charge in [0.05, 0.1) is 13.5 Å². The van der Waals surface area contributed by atoms with E-state index in [0.29, 0.717) is 18.9 Å². The second kappa shape index (κ2) is 8.72. The number of hydrogen-bond acceptors (Lipinski definition) is 4. The third kappa shape index (κ3) is 5.31. The van der Waals surface area contributed by atoms with Gasteiger partial charge in [0.15, 0.2) is 0 Å². The highest BCUT2D eigenvalue weighted by molar-refractivity contribution is 5.72. The minimum absolute atomic E-state index is 0.180. The van der Waals surface area contributed by atoms with Crippen molar-refractivity contribution in [1.29, 1.82) is 0 Å². The molecule has 1 unspecified atom stereocenters. The molecular weight excluding hydrogens is 254 g/mol. The quantitative estimate of drug-likeness (QED) is 0.714. The van der Waals surface area contributed by atoms with Gasteiger partial charge in [-0.25, -0.2) is 0 Å². The summed E-state index contributed by atoms with van der Waals surface area (Å²) in [6, 6.07) is 8.13. The number of methoxy groups -OCH3 is 1. The maximum atomic E-state index is 11.4. The number of aliphatic hydroxyl groups excluding tert-OH is 1. The van der Waals surface area contributed by atoms with Crippen LogP contribution in [0.2, 0.25) is 0 Å². The van der Waals surface area contributed by atoms with Crippen LogP contribution >= 0.6 is 0 Å². The van der Waals surface area contributed by atoms with E-state index in [1.165, 1.54) is 7.11 Å². The average Bonchev–Trinajstić information content (AvgIpc) is 2.44. The van der Waals surface area contributed by atoms with Gasteiger partial charge in [0.1, 0.15) is 0 Å². The highest BCUT2D eigenvalue weighted by Gasteiger charge is 2.13. The van der Waals surface area contributed by atoms with E-state index in [2.05, 4.69) is 19.2 Å². The molecule has 4 nitrogen and oxygen atoms in total. The minimum Gasteiger partial charge on any atom is -0.469 e. The molecule has 1 aromatic carbocycles. The monoisotopic (exact) mass is 279 g/mol. The predicted octanol–water partition coefficient (Wildman–Crippen LogP) is 1.90. The first-order chi connectivity index (χ1) is 9.58. The molecule has 4 heteroatoms. The Kier molecular flexibility index (Phi) is 7.26. The lowest BCUT2D eigenvalue weighted by molar-refractivity contribution is -0.139. The molecule has 0 aliphatic rings. The number of hydrogen-bond donors (Lipinski definition) is 2. The molecule has 0 saturated heterocycles. The number of ether oxygens (including phenoxy) is 1. The summed E-state index contributed by atoms with van der Waals surface area (Å²) >= 11 is 0. The molecule has 0 heterocycles. The summed E-state index contributed by atoms with van der Waals surface area (Å²) in [7, 11) is 1.40. The summed E-state index contributed by atoms with van der Waals surface area (Å²) in [5.74, 6) is 0.225. The Morgan fingerprint density at radius 2 is 1.95 bits per heavy atom. The van der Waals surface area contributed by atoms with Crippen molar-refractivity contribution in [3.63, 3.8) is 0 Å². The number of esters is 1. The van der Waals surface area contributed by atoms with E-state index < -0.39 is 0 Å². The molecule has 0 bridgehead atoms. The first-order valence-electron chi connectivity index (χ1n) is 7.06. The molecule has 20 heavy (non-hydrogen) atoms.